The largest absolute Gasteiger partial charge is 0.496 e. The third kappa shape index (κ3) is 5.05. The van der Waals surface area contributed by atoms with E-state index in [4.69, 9.17) is 9.47 Å². The molecular weight excluding hydrogens is 366 g/mol. The SMILES string of the molecule is COc1ccccc1C(=O)N(CC(=O)Nc1nc(C)cs1)CC1CCCO1. The average molecular weight is 389 g/mol. The molecule has 3 rings (SSSR count). The van der Waals surface area contributed by atoms with Gasteiger partial charge in [-0.05, 0) is 31.9 Å². The predicted octanol–water partition coefficient (Wildman–Crippen LogP) is 2.72. The van der Waals surface area contributed by atoms with Crippen molar-refractivity contribution in [3.63, 3.8) is 0 Å². The molecule has 1 aliphatic rings. The number of thiazole rings is 1. The fourth-order valence-electron chi connectivity index (χ4n) is 2.99. The van der Waals surface area contributed by atoms with Crippen molar-refractivity contribution in [1.29, 1.82) is 0 Å². The number of rotatable bonds is 7. The molecule has 1 unspecified atom stereocenters. The first-order valence-corrected chi connectivity index (χ1v) is 9.70. The summed E-state index contributed by atoms with van der Waals surface area (Å²) in [5, 5.41) is 5.14. The highest BCUT2D eigenvalue weighted by Crippen LogP contribution is 2.21. The van der Waals surface area contributed by atoms with Crippen LogP contribution in [0.2, 0.25) is 0 Å². The van der Waals surface area contributed by atoms with E-state index in [1.807, 2.05) is 12.3 Å². The Balaban J connectivity index is 1.75. The van der Waals surface area contributed by atoms with Crippen LogP contribution in [0.4, 0.5) is 5.13 Å². The number of ether oxygens (including phenoxy) is 2. The van der Waals surface area contributed by atoms with E-state index in [0.29, 0.717) is 29.6 Å². The lowest BCUT2D eigenvalue weighted by atomic mass is 10.1. The lowest BCUT2D eigenvalue weighted by molar-refractivity contribution is -0.117. The Kier molecular flexibility index (Phi) is 6.41. The highest BCUT2D eigenvalue weighted by molar-refractivity contribution is 7.13. The Morgan fingerprint density at radius 3 is 2.89 bits per heavy atom. The zero-order chi connectivity index (χ0) is 19.2. The number of hydrogen-bond donors (Lipinski definition) is 1. The van der Waals surface area contributed by atoms with Gasteiger partial charge in [-0.25, -0.2) is 4.98 Å². The number of methoxy groups -OCH3 is 1. The van der Waals surface area contributed by atoms with Crippen molar-refractivity contribution in [2.24, 2.45) is 0 Å². The van der Waals surface area contributed by atoms with E-state index in [9.17, 15) is 9.59 Å². The van der Waals surface area contributed by atoms with Gasteiger partial charge in [0.05, 0.1) is 24.5 Å². The topological polar surface area (TPSA) is 80.8 Å². The van der Waals surface area contributed by atoms with Crippen molar-refractivity contribution >= 4 is 28.3 Å². The molecule has 0 aliphatic carbocycles. The first kappa shape index (κ1) is 19.3. The van der Waals surface area contributed by atoms with Crippen LogP contribution in [0, 0.1) is 6.92 Å². The van der Waals surface area contributed by atoms with E-state index in [0.717, 1.165) is 18.5 Å². The number of aromatic nitrogens is 1. The summed E-state index contributed by atoms with van der Waals surface area (Å²) in [6.07, 6.45) is 1.79. The molecule has 1 saturated heterocycles. The van der Waals surface area contributed by atoms with Crippen LogP contribution in [-0.2, 0) is 9.53 Å². The first-order valence-electron chi connectivity index (χ1n) is 8.82. The molecule has 1 N–H and O–H groups in total. The average Bonchev–Trinajstić information content (AvgIpc) is 3.32. The Bertz CT molecular complexity index is 802. The molecule has 1 aromatic carbocycles. The molecule has 1 aliphatic heterocycles. The standard InChI is InChI=1S/C19H23N3O4S/c1-13-12-27-19(20-13)21-17(23)11-22(10-14-6-5-9-26-14)18(24)15-7-3-4-8-16(15)25-2/h3-4,7-8,12,14H,5-6,9-11H2,1-2H3,(H,20,21,23). The molecule has 144 valence electrons. The maximum absolute atomic E-state index is 13.1. The summed E-state index contributed by atoms with van der Waals surface area (Å²) in [5.74, 6) is -0.0604. The van der Waals surface area contributed by atoms with Crippen LogP contribution >= 0.6 is 11.3 Å². The van der Waals surface area contributed by atoms with Crippen molar-refractivity contribution < 1.29 is 19.1 Å². The zero-order valence-corrected chi connectivity index (χ0v) is 16.3. The summed E-state index contributed by atoms with van der Waals surface area (Å²) in [6.45, 7) is 2.84. The van der Waals surface area contributed by atoms with Gasteiger partial charge in [0.1, 0.15) is 12.3 Å². The monoisotopic (exact) mass is 389 g/mol. The second-order valence-electron chi connectivity index (χ2n) is 6.36. The smallest absolute Gasteiger partial charge is 0.258 e. The van der Waals surface area contributed by atoms with Gasteiger partial charge in [0.2, 0.25) is 5.91 Å². The van der Waals surface area contributed by atoms with Crippen LogP contribution < -0.4 is 10.1 Å². The number of carbonyl (C=O) groups excluding carboxylic acids is 2. The Morgan fingerprint density at radius 1 is 1.41 bits per heavy atom. The van der Waals surface area contributed by atoms with E-state index >= 15 is 0 Å². The van der Waals surface area contributed by atoms with Crippen LogP contribution in [0.1, 0.15) is 28.9 Å². The lowest BCUT2D eigenvalue weighted by Crippen LogP contribution is -2.42. The zero-order valence-electron chi connectivity index (χ0n) is 15.4. The number of anilines is 1. The molecule has 7 nitrogen and oxygen atoms in total. The first-order chi connectivity index (χ1) is 13.1. The maximum atomic E-state index is 13.1. The number of para-hydroxylation sites is 1. The third-order valence-electron chi connectivity index (χ3n) is 4.27. The fraction of sp³-hybridized carbons (Fsp3) is 0.421. The molecule has 2 amide bonds. The van der Waals surface area contributed by atoms with E-state index < -0.39 is 0 Å². The van der Waals surface area contributed by atoms with Crippen LogP contribution in [0.25, 0.3) is 0 Å². The highest BCUT2D eigenvalue weighted by atomic mass is 32.1. The van der Waals surface area contributed by atoms with Gasteiger partial charge in [-0.2, -0.15) is 0 Å². The Labute approximate surface area is 162 Å². The van der Waals surface area contributed by atoms with Crippen molar-refractivity contribution in [2.45, 2.75) is 25.9 Å². The molecule has 2 aromatic rings. The number of nitrogens with one attached hydrogen (secondary N) is 1. The number of amides is 2. The minimum absolute atomic E-state index is 0.0569. The predicted molar refractivity (Wildman–Crippen MR) is 103 cm³/mol. The second kappa shape index (κ2) is 8.96. The molecule has 0 bridgehead atoms. The summed E-state index contributed by atoms with van der Waals surface area (Å²) in [7, 11) is 1.52. The van der Waals surface area contributed by atoms with Gasteiger partial charge in [-0.1, -0.05) is 12.1 Å². The molecule has 1 aromatic heterocycles. The van der Waals surface area contributed by atoms with Crippen LogP contribution in [0.15, 0.2) is 29.6 Å². The molecule has 1 atom stereocenters. The molecule has 2 heterocycles. The maximum Gasteiger partial charge on any atom is 0.258 e. The molecule has 27 heavy (non-hydrogen) atoms. The number of nitrogens with zero attached hydrogens (tertiary/aromatic N) is 2. The van der Waals surface area contributed by atoms with Crippen molar-refractivity contribution in [1.82, 2.24) is 9.88 Å². The van der Waals surface area contributed by atoms with Gasteiger partial charge in [0.25, 0.3) is 5.91 Å². The summed E-state index contributed by atoms with van der Waals surface area (Å²) >= 11 is 1.36. The summed E-state index contributed by atoms with van der Waals surface area (Å²) < 4.78 is 11.0. The normalized spacial score (nSPS) is 16.1. The van der Waals surface area contributed by atoms with E-state index in [1.165, 1.54) is 23.3 Å². The highest BCUT2D eigenvalue weighted by Gasteiger charge is 2.27. The Morgan fingerprint density at radius 2 is 2.22 bits per heavy atom. The quantitative estimate of drug-likeness (QED) is 0.788. The van der Waals surface area contributed by atoms with Crippen LogP contribution in [0.3, 0.4) is 0 Å². The minimum Gasteiger partial charge on any atom is -0.496 e. The number of benzene rings is 1. The number of carbonyl (C=O) groups is 2. The van der Waals surface area contributed by atoms with Crippen molar-refractivity contribution in [3.8, 4) is 5.75 Å². The van der Waals surface area contributed by atoms with Gasteiger partial charge in [0.15, 0.2) is 5.13 Å². The number of aryl methyl sites for hydroxylation is 1. The summed E-state index contributed by atoms with van der Waals surface area (Å²) in [6, 6.07) is 7.01. The van der Waals surface area contributed by atoms with E-state index in [2.05, 4.69) is 10.3 Å². The summed E-state index contributed by atoms with van der Waals surface area (Å²) in [5.41, 5.74) is 1.27. The molecular formula is C19H23N3O4S. The number of hydrogen-bond acceptors (Lipinski definition) is 6. The van der Waals surface area contributed by atoms with Gasteiger partial charge in [-0.3, -0.25) is 9.59 Å². The minimum atomic E-state index is -0.286. The van der Waals surface area contributed by atoms with Gasteiger partial charge in [0, 0.05) is 18.5 Å². The Hall–Kier alpha value is -2.45. The molecule has 8 heteroatoms. The molecule has 0 saturated carbocycles. The van der Waals surface area contributed by atoms with Gasteiger partial charge >= 0.3 is 0 Å². The second-order valence-corrected chi connectivity index (χ2v) is 7.22. The van der Waals surface area contributed by atoms with Gasteiger partial charge < -0.3 is 19.7 Å². The molecule has 0 spiro atoms. The van der Waals surface area contributed by atoms with E-state index in [-0.39, 0.29) is 24.5 Å². The lowest BCUT2D eigenvalue weighted by Gasteiger charge is -2.25. The van der Waals surface area contributed by atoms with Crippen molar-refractivity contribution in [2.75, 3.05) is 32.1 Å². The summed E-state index contributed by atoms with van der Waals surface area (Å²) in [4.78, 5) is 31.3. The molecule has 0 radical (unpaired) electrons. The molecule has 1 fully saturated rings. The fourth-order valence-corrected chi connectivity index (χ4v) is 3.69. The van der Waals surface area contributed by atoms with Crippen LogP contribution in [-0.4, -0.2) is 54.6 Å². The van der Waals surface area contributed by atoms with Crippen LogP contribution in [0.5, 0.6) is 5.75 Å². The van der Waals surface area contributed by atoms with Gasteiger partial charge in [-0.15, -0.1) is 11.3 Å². The van der Waals surface area contributed by atoms with Crippen molar-refractivity contribution in [3.05, 3.63) is 40.9 Å². The van der Waals surface area contributed by atoms with E-state index in [1.54, 1.807) is 24.3 Å². The third-order valence-corrected chi connectivity index (χ3v) is 5.15.